The van der Waals surface area contributed by atoms with E-state index in [0.717, 1.165) is 31.2 Å². The van der Waals surface area contributed by atoms with E-state index in [1.54, 1.807) is 12.1 Å². The van der Waals surface area contributed by atoms with Crippen LogP contribution in [0.4, 0.5) is 5.69 Å². The number of hydrogen-bond acceptors (Lipinski definition) is 4. The lowest BCUT2D eigenvalue weighted by Crippen LogP contribution is -2.30. The third-order valence-electron chi connectivity index (χ3n) is 5.69. The van der Waals surface area contributed by atoms with Gasteiger partial charge < -0.3 is 5.32 Å². The monoisotopic (exact) mass is 441 g/mol. The molecule has 0 bridgehead atoms. The minimum atomic E-state index is -3.76. The Balaban J connectivity index is 1.79. The Morgan fingerprint density at radius 2 is 1.84 bits per heavy atom. The lowest BCUT2D eigenvalue weighted by Gasteiger charge is -2.23. The van der Waals surface area contributed by atoms with Crippen molar-refractivity contribution in [2.24, 2.45) is 10.9 Å². The topological polar surface area (TPSA) is 87.6 Å². The molecule has 0 aliphatic carbocycles. The average molecular weight is 442 g/mol. The van der Waals surface area contributed by atoms with Gasteiger partial charge in [-0.2, -0.15) is 0 Å². The molecule has 0 saturated carbocycles. The van der Waals surface area contributed by atoms with Gasteiger partial charge in [0.1, 0.15) is 5.84 Å². The summed E-state index contributed by atoms with van der Waals surface area (Å²) in [5.74, 6) is 0.193. The molecule has 2 N–H and O–H groups in total. The Labute approximate surface area is 185 Å². The zero-order valence-corrected chi connectivity index (χ0v) is 19.0. The summed E-state index contributed by atoms with van der Waals surface area (Å²) in [4.78, 5) is 17.6. The maximum Gasteiger partial charge on any atom is 0.262 e. The highest BCUT2D eigenvalue weighted by molar-refractivity contribution is 7.90. The van der Waals surface area contributed by atoms with Crippen LogP contribution in [0.1, 0.15) is 57.4 Å². The molecule has 6 nitrogen and oxygen atoms in total. The molecule has 0 radical (unpaired) electrons. The summed E-state index contributed by atoms with van der Waals surface area (Å²) >= 11 is 0. The van der Waals surface area contributed by atoms with Gasteiger partial charge in [0, 0.05) is 18.7 Å². The largest absolute Gasteiger partial charge is 0.326 e. The van der Waals surface area contributed by atoms with Gasteiger partial charge in [-0.25, -0.2) is 8.42 Å². The predicted molar refractivity (Wildman–Crippen MR) is 125 cm³/mol. The number of anilines is 1. The highest BCUT2D eigenvalue weighted by Gasteiger charge is 2.26. The Morgan fingerprint density at radius 3 is 2.58 bits per heavy atom. The number of benzene rings is 2. The van der Waals surface area contributed by atoms with Crippen molar-refractivity contribution in [2.75, 3.05) is 11.9 Å². The number of carbonyl (C=O) groups is 1. The van der Waals surface area contributed by atoms with Crippen LogP contribution in [0.2, 0.25) is 0 Å². The van der Waals surface area contributed by atoms with Crippen molar-refractivity contribution in [3.63, 3.8) is 0 Å². The molecule has 0 saturated heterocycles. The fraction of sp³-hybridized carbons (Fsp3) is 0.417. The summed E-state index contributed by atoms with van der Waals surface area (Å²) in [7, 11) is -3.76. The number of aliphatic imine (C=N–C) groups is 1. The molecule has 0 fully saturated rings. The van der Waals surface area contributed by atoms with Crippen LogP contribution < -0.4 is 10.0 Å². The van der Waals surface area contributed by atoms with Gasteiger partial charge >= 0.3 is 0 Å². The van der Waals surface area contributed by atoms with Gasteiger partial charge in [-0.1, -0.05) is 63.1 Å². The van der Waals surface area contributed by atoms with E-state index >= 15 is 0 Å². The van der Waals surface area contributed by atoms with E-state index in [9.17, 15) is 13.2 Å². The highest BCUT2D eigenvalue weighted by Crippen LogP contribution is 2.29. The molecular formula is C24H31N3O3S. The van der Waals surface area contributed by atoms with Crippen LogP contribution >= 0.6 is 0 Å². The van der Waals surface area contributed by atoms with Crippen molar-refractivity contribution in [1.82, 2.24) is 4.72 Å². The van der Waals surface area contributed by atoms with E-state index in [4.69, 9.17) is 0 Å². The lowest BCUT2D eigenvalue weighted by molar-refractivity contribution is -0.118. The van der Waals surface area contributed by atoms with Crippen LogP contribution in [-0.2, 0) is 14.8 Å². The summed E-state index contributed by atoms with van der Waals surface area (Å²) in [6.45, 7) is 4.75. The van der Waals surface area contributed by atoms with Crippen LogP contribution in [0.15, 0.2) is 64.5 Å². The molecule has 31 heavy (non-hydrogen) atoms. The smallest absolute Gasteiger partial charge is 0.262 e. The summed E-state index contributed by atoms with van der Waals surface area (Å²) in [6.07, 6.45) is 4.44. The SMILES string of the molecule is CCC(C)C(C(=O)Nc1cccc(S(=O)(=O)NC2=NCCCCC2)c1)c1ccccc1. The molecule has 2 aromatic carbocycles. The summed E-state index contributed by atoms with van der Waals surface area (Å²) < 4.78 is 28.3. The number of sulfonamides is 1. The molecule has 2 atom stereocenters. The van der Waals surface area contributed by atoms with E-state index in [0.29, 0.717) is 24.5 Å². The van der Waals surface area contributed by atoms with E-state index < -0.39 is 10.0 Å². The van der Waals surface area contributed by atoms with Crippen molar-refractivity contribution in [3.8, 4) is 0 Å². The van der Waals surface area contributed by atoms with Gasteiger partial charge in [0.2, 0.25) is 5.91 Å². The van der Waals surface area contributed by atoms with Gasteiger partial charge in [0.25, 0.3) is 10.0 Å². The molecule has 1 heterocycles. The van der Waals surface area contributed by atoms with Gasteiger partial charge in [0.05, 0.1) is 10.8 Å². The van der Waals surface area contributed by atoms with E-state index in [2.05, 4.69) is 28.9 Å². The number of rotatable bonds is 7. The average Bonchev–Trinajstić information content (AvgIpc) is 3.03. The number of nitrogens with one attached hydrogen (secondary N) is 2. The standard InChI is InChI=1S/C24H31N3O3S/c1-3-18(2)23(19-11-6-4-7-12-19)24(28)26-20-13-10-14-21(17-20)31(29,30)27-22-15-8-5-9-16-25-22/h4,6-7,10-14,17-18,23H,3,5,8-9,15-16H2,1-2H3,(H,25,27)(H,26,28). The number of nitrogens with zero attached hydrogens (tertiary/aromatic N) is 1. The third kappa shape index (κ3) is 6.17. The normalized spacial score (nSPS) is 16.5. The molecule has 3 rings (SSSR count). The molecule has 1 aliphatic heterocycles. The molecule has 0 aromatic heterocycles. The predicted octanol–water partition coefficient (Wildman–Crippen LogP) is 4.71. The number of amidine groups is 1. The van der Waals surface area contributed by atoms with Crippen molar-refractivity contribution >= 4 is 27.5 Å². The van der Waals surface area contributed by atoms with Gasteiger partial charge in [-0.05, 0) is 42.5 Å². The Hall–Kier alpha value is -2.67. The molecule has 166 valence electrons. The first-order valence-corrected chi connectivity index (χ1v) is 12.4. The lowest BCUT2D eigenvalue weighted by atomic mass is 9.85. The van der Waals surface area contributed by atoms with Gasteiger partial charge in [-0.15, -0.1) is 0 Å². The van der Waals surface area contributed by atoms with Crippen LogP contribution in [-0.4, -0.2) is 26.7 Å². The molecule has 2 unspecified atom stereocenters. The second-order valence-electron chi connectivity index (χ2n) is 8.04. The molecule has 1 aliphatic rings. The number of amides is 1. The van der Waals surface area contributed by atoms with Crippen LogP contribution in [0.25, 0.3) is 0 Å². The maximum absolute atomic E-state index is 13.1. The fourth-order valence-corrected chi connectivity index (χ4v) is 4.90. The van der Waals surface area contributed by atoms with Gasteiger partial charge in [0.15, 0.2) is 0 Å². The molecule has 7 heteroatoms. The van der Waals surface area contributed by atoms with E-state index in [-0.39, 0.29) is 22.6 Å². The van der Waals surface area contributed by atoms with Crippen molar-refractivity contribution in [1.29, 1.82) is 0 Å². The minimum Gasteiger partial charge on any atom is -0.326 e. The first-order chi connectivity index (χ1) is 14.9. The van der Waals surface area contributed by atoms with Crippen LogP contribution in [0.3, 0.4) is 0 Å². The fourth-order valence-electron chi connectivity index (χ4n) is 3.77. The Kier molecular flexibility index (Phi) is 7.85. The maximum atomic E-state index is 13.1. The Bertz CT molecular complexity index is 1020. The van der Waals surface area contributed by atoms with E-state index in [1.165, 1.54) is 12.1 Å². The van der Waals surface area contributed by atoms with Crippen molar-refractivity contribution < 1.29 is 13.2 Å². The van der Waals surface area contributed by atoms with Gasteiger partial charge in [-0.3, -0.25) is 14.5 Å². The van der Waals surface area contributed by atoms with Crippen LogP contribution in [0.5, 0.6) is 0 Å². The number of hydrogen-bond donors (Lipinski definition) is 2. The molecular weight excluding hydrogens is 410 g/mol. The molecule has 2 aromatic rings. The van der Waals surface area contributed by atoms with E-state index in [1.807, 2.05) is 30.3 Å². The summed E-state index contributed by atoms with van der Waals surface area (Å²) in [6, 6.07) is 16.0. The third-order valence-corrected chi connectivity index (χ3v) is 7.07. The quantitative estimate of drug-likeness (QED) is 0.652. The minimum absolute atomic E-state index is 0.108. The molecule has 1 amide bonds. The summed E-state index contributed by atoms with van der Waals surface area (Å²) in [5, 5.41) is 2.92. The molecule has 0 spiro atoms. The second-order valence-corrected chi connectivity index (χ2v) is 9.72. The highest BCUT2D eigenvalue weighted by atomic mass is 32.2. The zero-order valence-electron chi connectivity index (χ0n) is 18.2. The van der Waals surface area contributed by atoms with Crippen LogP contribution in [0, 0.1) is 5.92 Å². The van der Waals surface area contributed by atoms with Crippen molar-refractivity contribution in [3.05, 3.63) is 60.2 Å². The number of carbonyl (C=O) groups excluding carboxylic acids is 1. The first kappa shape index (κ1) is 23.0. The van der Waals surface area contributed by atoms with Crippen molar-refractivity contribution in [2.45, 2.75) is 56.8 Å². The Morgan fingerprint density at radius 1 is 1.06 bits per heavy atom. The summed E-state index contributed by atoms with van der Waals surface area (Å²) in [5.41, 5.74) is 1.41. The second kappa shape index (κ2) is 10.6. The first-order valence-electron chi connectivity index (χ1n) is 10.9. The zero-order chi connectivity index (χ0) is 22.3.